The van der Waals surface area contributed by atoms with Gasteiger partial charge in [0.25, 0.3) is 0 Å². The molecule has 2 fully saturated rings. The molecule has 49 heavy (non-hydrogen) atoms. The average molecular weight is 691 g/mol. The van der Waals surface area contributed by atoms with E-state index in [1.54, 1.807) is 48.5 Å². The lowest BCUT2D eigenvalue weighted by molar-refractivity contribution is -0.170. The zero-order chi connectivity index (χ0) is 35.4. The van der Waals surface area contributed by atoms with Crippen LogP contribution in [0.25, 0.3) is 0 Å². The molecule has 2 aliphatic heterocycles. The fourth-order valence-corrected chi connectivity index (χ4v) is 6.51. The molecule has 2 saturated heterocycles. The average Bonchev–Trinajstić information content (AvgIpc) is 3.09. The number of rotatable bonds is 9. The van der Waals surface area contributed by atoms with Gasteiger partial charge in [-0.2, -0.15) is 26.3 Å². The van der Waals surface area contributed by atoms with Gasteiger partial charge in [0.05, 0.1) is 0 Å². The number of benzene rings is 3. The van der Waals surface area contributed by atoms with Crippen LogP contribution in [0.15, 0.2) is 91.0 Å². The lowest BCUT2D eigenvalue weighted by Crippen LogP contribution is -2.47. The first kappa shape index (κ1) is 37.9. The van der Waals surface area contributed by atoms with Gasteiger partial charge in [0.1, 0.15) is 0 Å². The van der Waals surface area contributed by atoms with E-state index in [2.05, 4.69) is 21.9 Å². The predicted molar refractivity (Wildman–Crippen MR) is 179 cm³/mol. The summed E-state index contributed by atoms with van der Waals surface area (Å²) in [6, 6.07) is 26.4. The van der Waals surface area contributed by atoms with E-state index < -0.39 is 24.2 Å². The van der Waals surface area contributed by atoms with Crippen LogP contribution >= 0.6 is 0 Å². The maximum Gasteiger partial charge on any atom is 0.471 e. The highest BCUT2D eigenvalue weighted by Crippen LogP contribution is 2.28. The van der Waals surface area contributed by atoms with Crippen LogP contribution in [0.1, 0.15) is 31.2 Å². The Morgan fingerprint density at radius 1 is 0.653 bits per heavy atom. The zero-order valence-electron chi connectivity index (χ0n) is 27.7. The number of nitrogens with zero attached hydrogens (tertiary/aromatic N) is 4. The molecule has 266 valence electrons. The van der Waals surface area contributed by atoms with Gasteiger partial charge in [-0.15, -0.1) is 0 Å². The van der Waals surface area contributed by atoms with Crippen molar-refractivity contribution in [2.24, 2.45) is 11.8 Å². The first-order valence-corrected chi connectivity index (χ1v) is 16.6. The summed E-state index contributed by atoms with van der Waals surface area (Å²) in [5, 5.41) is 0. The summed E-state index contributed by atoms with van der Waals surface area (Å²) in [7, 11) is 1.95. The van der Waals surface area contributed by atoms with Crippen LogP contribution in [-0.2, 0) is 16.0 Å². The van der Waals surface area contributed by atoms with E-state index >= 15 is 0 Å². The molecule has 0 aromatic heterocycles. The molecule has 0 N–H and O–H groups in total. The molecule has 0 saturated carbocycles. The van der Waals surface area contributed by atoms with Gasteiger partial charge < -0.3 is 19.6 Å². The normalized spacial score (nSPS) is 19.0. The van der Waals surface area contributed by atoms with Crippen LogP contribution in [-0.4, -0.2) is 86.8 Å². The van der Waals surface area contributed by atoms with Crippen LogP contribution in [0.4, 0.5) is 37.7 Å². The SMILES string of the molecule is CN1CCC[C@@H](CN(C(=O)C(F)(F)F)c2ccccc2)C1.O=C(N(C[C@@H]1CCCN(CCc2ccccc2)C1)c1ccccc1)C(F)(F)F. The van der Waals surface area contributed by atoms with E-state index in [4.69, 9.17) is 0 Å². The molecular formula is C37H44F6N4O2. The van der Waals surface area contributed by atoms with E-state index in [0.29, 0.717) is 24.5 Å². The minimum absolute atomic E-state index is 0.0241. The fourth-order valence-electron chi connectivity index (χ4n) is 6.51. The minimum Gasteiger partial charge on any atom is -0.306 e. The molecule has 0 unspecified atom stereocenters. The molecule has 0 radical (unpaired) electrons. The quantitative estimate of drug-likeness (QED) is 0.219. The number of carbonyl (C=O) groups excluding carboxylic acids is 2. The van der Waals surface area contributed by atoms with Crippen LogP contribution in [0.5, 0.6) is 0 Å². The van der Waals surface area contributed by atoms with Gasteiger partial charge in [-0.25, -0.2) is 0 Å². The summed E-state index contributed by atoms with van der Waals surface area (Å²) < 4.78 is 77.8. The topological polar surface area (TPSA) is 47.1 Å². The van der Waals surface area contributed by atoms with E-state index in [0.717, 1.165) is 61.5 Å². The number of likely N-dealkylation sites (tertiary alicyclic amines) is 2. The molecule has 6 nitrogen and oxygen atoms in total. The number of hydrogen-bond acceptors (Lipinski definition) is 4. The lowest BCUT2D eigenvalue weighted by atomic mass is 9.96. The Labute approximate surface area is 284 Å². The molecule has 5 rings (SSSR count). The Bertz CT molecular complexity index is 1440. The van der Waals surface area contributed by atoms with Crippen LogP contribution in [0, 0.1) is 11.8 Å². The number of alkyl halides is 6. The van der Waals surface area contributed by atoms with Crippen molar-refractivity contribution >= 4 is 23.2 Å². The van der Waals surface area contributed by atoms with E-state index in [9.17, 15) is 35.9 Å². The van der Waals surface area contributed by atoms with E-state index in [1.807, 2.05) is 25.2 Å². The van der Waals surface area contributed by atoms with Crippen LogP contribution in [0.2, 0.25) is 0 Å². The zero-order valence-corrected chi connectivity index (χ0v) is 27.7. The predicted octanol–water partition coefficient (Wildman–Crippen LogP) is 7.46. The third-order valence-corrected chi connectivity index (χ3v) is 8.88. The fraction of sp³-hybridized carbons (Fsp3) is 0.459. The molecule has 0 bridgehead atoms. The van der Waals surface area contributed by atoms with Crippen molar-refractivity contribution in [1.29, 1.82) is 0 Å². The van der Waals surface area contributed by atoms with Crippen molar-refractivity contribution in [3.8, 4) is 0 Å². The molecular weight excluding hydrogens is 646 g/mol. The van der Waals surface area contributed by atoms with Crippen LogP contribution in [0.3, 0.4) is 0 Å². The smallest absolute Gasteiger partial charge is 0.306 e. The number of amides is 2. The van der Waals surface area contributed by atoms with Gasteiger partial charge in [0.15, 0.2) is 0 Å². The summed E-state index contributed by atoms with van der Waals surface area (Å²) in [5.41, 5.74) is 1.85. The van der Waals surface area contributed by atoms with Crippen molar-refractivity contribution in [3.63, 3.8) is 0 Å². The highest BCUT2D eigenvalue weighted by Gasteiger charge is 2.44. The van der Waals surface area contributed by atoms with Gasteiger partial charge in [0.2, 0.25) is 0 Å². The Morgan fingerprint density at radius 3 is 1.53 bits per heavy atom. The summed E-state index contributed by atoms with van der Waals surface area (Å²) in [6.45, 7) is 4.39. The number of piperidine rings is 2. The van der Waals surface area contributed by atoms with E-state index in [-0.39, 0.29) is 24.9 Å². The van der Waals surface area contributed by atoms with Crippen molar-refractivity contribution in [1.82, 2.24) is 9.80 Å². The molecule has 3 aromatic carbocycles. The number of anilines is 2. The first-order valence-electron chi connectivity index (χ1n) is 16.6. The molecule has 2 heterocycles. The van der Waals surface area contributed by atoms with Crippen molar-refractivity contribution in [2.75, 3.05) is 62.7 Å². The molecule has 0 aliphatic carbocycles. The number of para-hydroxylation sites is 2. The summed E-state index contributed by atoms with van der Waals surface area (Å²) in [4.78, 5) is 29.9. The largest absolute Gasteiger partial charge is 0.471 e. The van der Waals surface area contributed by atoms with Gasteiger partial charge in [-0.05, 0) is 93.9 Å². The Morgan fingerprint density at radius 2 is 1.08 bits per heavy atom. The van der Waals surface area contributed by atoms with Crippen molar-refractivity contribution < 1.29 is 35.9 Å². The second-order valence-corrected chi connectivity index (χ2v) is 12.8. The summed E-state index contributed by atoms with van der Waals surface area (Å²) in [6.07, 6.45) is -5.26. The molecule has 12 heteroatoms. The van der Waals surface area contributed by atoms with Gasteiger partial charge in [-0.1, -0.05) is 66.7 Å². The second-order valence-electron chi connectivity index (χ2n) is 12.8. The minimum atomic E-state index is -4.88. The molecule has 3 aromatic rings. The number of carbonyl (C=O) groups is 2. The van der Waals surface area contributed by atoms with Gasteiger partial charge in [-0.3, -0.25) is 9.59 Å². The van der Waals surface area contributed by atoms with Crippen molar-refractivity contribution in [3.05, 3.63) is 96.6 Å². The summed E-state index contributed by atoms with van der Waals surface area (Å²) >= 11 is 0. The molecule has 2 aliphatic rings. The third-order valence-electron chi connectivity index (χ3n) is 8.88. The van der Waals surface area contributed by atoms with Gasteiger partial charge in [0, 0.05) is 44.1 Å². The van der Waals surface area contributed by atoms with Crippen LogP contribution < -0.4 is 9.80 Å². The Kier molecular flexibility index (Phi) is 13.7. The summed E-state index contributed by atoms with van der Waals surface area (Å²) in [5.74, 6) is -3.49. The second kappa shape index (κ2) is 17.7. The maximum atomic E-state index is 13.1. The van der Waals surface area contributed by atoms with Crippen molar-refractivity contribution in [2.45, 2.75) is 44.5 Å². The van der Waals surface area contributed by atoms with E-state index in [1.165, 1.54) is 17.7 Å². The monoisotopic (exact) mass is 690 g/mol. The molecule has 0 spiro atoms. The maximum absolute atomic E-state index is 13.1. The molecule has 2 atom stereocenters. The Hall–Kier alpha value is -3.90. The number of halogens is 6. The van der Waals surface area contributed by atoms with Gasteiger partial charge >= 0.3 is 24.2 Å². The standard InChI is InChI=1S/C22H25F3N2O.C15H19F3N2O/c23-22(24,25)21(28)27(20-11-5-2-6-12-20)17-19-10-7-14-26(16-19)15-13-18-8-3-1-4-9-18;1-19-9-5-6-12(10-19)11-20(14(21)15(16,17)18)13-7-3-2-4-8-13/h1-6,8-9,11-12,19H,7,10,13-17H2;2-4,7-8,12H,5-6,9-11H2,1H3/t19-;12-/m11/s1. The number of hydrogen-bond donors (Lipinski definition) is 0. The highest BCUT2D eigenvalue weighted by molar-refractivity contribution is 5.98. The molecule has 2 amide bonds. The third kappa shape index (κ3) is 11.9. The highest BCUT2D eigenvalue weighted by atomic mass is 19.4. The lowest BCUT2D eigenvalue weighted by Gasteiger charge is -2.36. The Balaban J connectivity index is 0.000000230. The first-order chi connectivity index (χ1) is 23.3.